The van der Waals surface area contributed by atoms with E-state index in [0.29, 0.717) is 18.1 Å². The van der Waals surface area contributed by atoms with E-state index >= 15 is 0 Å². The highest BCUT2D eigenvalue weighted by atomic mass is 32.1. The number of rotatable bonds is 4. The van der Waals surface area contributed by atoms with Crippen molar-refractivity contribution in [3.63, 3.8) is 0 Å². The predicted molar refractivity (Wildman–Crippen MR) is 97.2 cm³/mol. The Balaban J connectivity index is 1.56. The van der Waals surface area contributed by atoms with E-state index in [4.69, 9.17) is 12.2 Å². The summed E-state index contributed by atoms with van der Waals surface area (Å²) in [6.45, 7) is 4.93. The van der Waals surface area contributed by atoms with Crippen LogP contribution < -0.4 is 10.6 Å². The molecule has 4 heteroatoms. The average Bonchev–Trinajstić information content (AvgIpc) is 2.49. The minimum absolute atomic E-state index is 0.486. The van der Waals surface area contributed by atoms with Crippen LogP contribution in [-0.4, -0.2) is 34.7 Å². The van der Waals surface area contributed by atoms with E-state index in [0.717, 1.165) is 17.3 Å². The van der Waals surface area contributed by atoms with Crippen molar-refractivity contribution in [2.45, 2.75) is 50.2 Å². The van der Waals surface area contributed by atoms with Crippen LogP contribution in [0.2, 0.25) is 0 Å². The second-order valence-electron chi connectivity index (χ2n) is 6.36. The molecule has 118 valence electrons. The molecule has 1 aromatic rings. The number of thiocarbonyl (C=S) groups is 1. The zero-order valence-electron chi connectivity index (χ0n) is 13.0. The fourth-order valence-corrected chi connectivity index (χ4v) is 4.20. The molecule has 2 heterocycles. The molecule has 2 unspecified atom stereocenters. The number of para-hydroxylation sites is 1. The van der Waals surface area contributed by atoms with Crippen LogP contribution in [0, 0.1) is 0 Å². The highest BCUT2D eigenvalue weighted by Gasteiger charge is 2.37. The molecule has 0 saturated carbocycles. The zero-order chi connectivity index (χ0) is 15.4. The number of fused-ring (bicyclic) bond motifs is 2. The molecule has 3 rings (SSSR count). The van der Waals surface area contributed by atoms with Crippen LogP contribution in [-0.2, 0) is 0 Å². The van der Waals surface area contributed by atoms with E-state index < -0.39 is 0 Å². The maximum atomic E-state index is 5.48. The summed E-state index contributed by atoms with van der Waals surface area (Å²) in [5.74, 6) is 0. The maximum Gasteiger partial charge on any atom is 0.170 e. The van der Waals surface area contributed by atoms with Gasteiger partial charge in [-0.1, -0.05) is 30.7 Å². The number of nitrogens with one attached hydrogen (secondary N) is 2. The monoisotopic (exact) mass is 315 g/mol. The normalized spacial score (nSPS) is 27.9. The van der Waals surface area contributed by atoms with Gasteiger partial charge in [0.05, 0.1) is 0 Å². The van der Waals surface area contributed by atoms with Crippen molar-refractivity contribution in [2.75, 3.05) is 11.9 Å². The van der Waals surface area contributed by atoms with Gasteiger partial charge in [0.2, 0.25) is 0 Å². The topological polar surface area (TPSA) is 27.3 Å². The van der Waals surface area contributed by atoms with Crippen molar-refractivity contribution in [3.8, 4) is 0 Å². The van der Waals surface area contributed by atoms with Gasteiger partial charge in [-0.25, -0.2) is 0 Å². The van der Waals surface area contributed by atoms with Crippen LogP contribution in [0.15, 0.2) is 43.0 Å². The molecule has 22 heavy (non-hydrogen) atoms. The molecule has 2 aliphatic rings. The minimum Gasteiger partial charge on any atom is -0.360 e. The largest absolute Gasteiger partial charge is 0.360 e. The maximum absolute atomic E-state index is 5.48. The van der Waals surface area contributed by atoms with Crippen molar-refractivity contribution >= 4 is 23.0 Å². The molecular formula is C18H25N3S. The smallest absolute Gasteiger partial charge is 0.170 e. The third kappa shape index (κ3) is 3.68. The Labute approximate surface area is 138 Å². The van der Waals surface area contributed by atoms with Gasteiger partial charge in [-0.05, 0) is 50.0 Å². The van der Waals surface area contributed by atoms with Crippen LogP contribution >= 0.6 is 12.2 Å². The van der Waals surface area contributed by atoms with E-state index in [-0.39, 0.29) is 0 Å². The summed E-state index contributed by atoms with van der Waals surface area (Å²) in [7, 11) is 0. The number of nitrogens with zero attached hydrogens (tertiary/aromatic N) is 1. The van der Waals surface area contributed by atoms with E-state index in [1.165, 1.54) is 32.1 Å². The predicted octanol–water partition coefficient (Wildman–Crippen LogP) is 3.54. The molecule has 0 aliphatic carbocycles. The van der Waals surface area contributed by atoms with Crippen LogP contribution in [0.25, 0.3) is 0 Å². The lowest BCUT2D eigenvalue weighted by atomic mass is 9.82. The van der Waals surface area contributed by atoms with Gasteiger partial charge in [0.15, 0.2) is 5.11 Å². The first kappa shape index (κ1) is 15.5. The second-order valence-corrected chi connectivity index (χ2v) is 6.77. The quantitative estimate of drug-likeness (QED) is 0.656. The highest BCUT2D eigenvalue weighted by molar-refractivity contribution is 7.80. The first-order chi connectivity index (χ1) is 10.8. The van der Waals surface area contributed by atoms with Crippen molar-refractivity contribution < 1.29 is 0 Å². The highest BCUT2D eigenvalue weighted by Crippen LogP contribution is 2.33. The van der Waals surface area contributed by atoms with Gasteiger partial charge in [-0.2, -0.15) is 0 Å². The van der Waals surface area contributed by atoms with Crippen molar-refractivity contribution in [2.24, 2.45) is 0 Å². The molecule has 0 spiro atoms. The Morgan fingerprint density at radius 3 is 2.55 bits per heavy atom. The summed E-state index contributed by atoms with van der Waals surface area (Å²) in [5, 5.41) is 7.55. The van der Waals surface area contributed by atoms with E-state index in [9.17, 15) is 0 Å². The lowest BCUT2D eigenvalue weighted by molar-refractivity contribution is 0.0389. The molecular weight excluding hydrogens is 290 g/mol. The Bertz CT molecular complexity index is 502. The van der Waals surface area contributed by atoms with Crippen LogP contribution in [0.5, 0.6) is 0 Å². The molecule has 2 aliphatic heterocycles. The first-order valence-electron chi connectivity index (χ1n) is 8.25. The molecule has 2 N–H and O–H groups in total. The van der Waals surface area contributed by atoms with Gasteiger partial charge in [0.1, 0.15) is 0 Å². The Hall–Kier alpha value is -1.39. The number of benzene rings is 1. The Morgan fingerprint density at radius 1 is 1.23 bits per heavy atom. The van der Waals surface area contributed by atoms with Crippen molar-refractivity contribution in [3.05, 3.63) is 43.0 Å². The lowest BCUT2D eigenvalue weighted by Gasteiger charge is -2.48. The SMILES string of the molecule is C=CCN1C2CCCC1CC(NC(=S)Nc1ccccc1)C2. The average molecular weight is 315 g/mol. The van der Waals surface area contributed by atoms with E-state index in [1.807, 2.05) is 36.4 Å². The molecule has 2 saturated heterocycles. The number of hydrogen-bond donors (Lipinski definition) is 2. The zero-order valence-corrected chi connectivity index (χ0v) is 13.8. The van der Waals surface area contributed by atoms with Gasteiger partial charge < -0.3 is 10.6 Å². The number of hydrogen-bond acceptors (Lipinski definition) is 2. The molecule has 2 bridgehead atoms. The third-order valence-corrected chi connectivity index (χ3v) is 5.05. The van der Waals surface area contributed by atoms with Crippen molar-refractivity contribution in [1.29, 1.82) is 0 Å². The third-order valence-electron chi connectivity index (χ3n) is 4.83. The molecule has 0 amide bonds. The molecule has 1 aromatic carbocycles. The molecule has 0 radical (unpaired) electrons. The van der Waals surface area contributed by atoms with Crippen LogP contribution in [0.3, 0.4) is 0 Å². The molecule has 0 aromatic heterocycles. The van der Waals surface area contributed by atoms with Gasteiger partial charge in [-0.15, -0.1) is 6.58 Å². The van der Waals surface area contributed by atoms with E-state index in [2.05, 4.69) is 22.1 Å². The van der Waals surface area contributed by atoms with Gasteiger partial charge in [-0.3, -0.25) is 4.90 Å². The van der Waals surface area contributed by atoms with Gasteiger partial charge in [0.25, 0.3) is 0 Å². The molecule has 3 nitrogen and oxygen atoms in total. The fraction of sp³-hybridized carbons (Fsp3) is 0.500. The summed E-state index contributed by atoms with van der Waals surface area (Å²) in [6, 6.07) is 12.0. The summed E-state index contributed by atoms with van der Waals surface area (Å²) >= 11 is 5.48. The standard InChI is InChI=1S/C18H25N3S/c1-2-11-21-16-9-6-10-17(21)13-15(12-16)20-18(22)19-14-7-4-3-5-8-14/h2-5,7-8,15-17H,1,6,9-13H2,(H2,19,20,22). The van der Waals surface area contributed by atoms with Crippen molar-refractivity contribution in [1.82, 2.24) is 10.2 Å². The first-order valence-corrected chi connectivity index (χ1v) is 8.66. The number of piperidine rings is 2. The fourth-order valence-electron chi connectivity index (χ4n) is 3.92. The Kier molecular flexibility index (Phi) is 5.11. The summed E-state index contributed by atoms with van der Waals surface area (Å²) < 4.78 is 0. The number of anilines is 1. The van der Waals surface area contributed by atoms with Gasteiger partial charge in [0, 0.05) is 30.4 Å². The van der Waals surface area contributed by atoms with E-state index in [1.54, 1.807) is 0 Å². The minimum atomic E-state index is 0.486. The molecule has 2 atom stereocenters. The summed E-state index contributed by atoms with van der Waals surface area (Å²) in [4.78, 5) is 2.64. The molecule has 2 fully saturated rings. The second kappa shape index (κ2) is 7.25. The van der Waals surface area contributed by atoms with Crippen LogP contribution in [0.1, 0.15) is 32.1 Å². The summed E-state index contributed by atoms with van der Waals surface area (Å²) in [5.41, 5.74) is 1.05. The van der Waals surface area contributed by atoms with Gasteiger partial charge >= 0.3 is 0 Å². The Morgan fingerprint density at radius 2 is 1.91 bits per heavy atom. The lowest BCUT2D eigenvalue weighted by Crippen LogP contribution is -2.57. The van der Waals surface area contributed by atoms with Crippen LogP contribution in [0.4, 0.5) is 5.69 Å². The summed E-state index contributed by atoms with van der Waals surface area (Å²) in [6.07, 6.45) is 8.38.